The summed E-state index contributed by atoms with van der Waals surface area (Å²) in [5.74, 6) is -3.15. The normalized spacial score (nSPS) is 18.6. The van der Waals surface area contributed by atoms with Crippen LogP contribution in [0, 0.1) is 11.8 Å². The molecule has 0 aliphatic carbocycles. The Labute approximate surface area is 195 Å². The molecule has 11 nitrogen and oxygen atoms in total. The van der Waals surface area contributed by atoms with Crippen LogP contribution in [0.4, 0.5) is 0 Å². The van der Waals surface area contributed by atoms with Gasteiger partial charge in [0.05, 0.1) is 6.04 Å². The van der Waals surface area contributed by atoms with E-state index in [4.69, 9.17) is 11.5 Å². The number of rotatable bonds is 13. The van der Waals surface area contributed by atoms with E-state index in [0.29, 0.717) is 25.8 Å². The molecule has 4 amide bonds. The van der Waals surface area contributed by atoms with Gasteiger partial charge in [-0.05, 0) is 43.9 Å². The number of aliphatic carboxylic acids is 1. The second kappa shape index (κ2) is 13.1. The first-order valence-electron chi connectivity index (χ1n) is 11.5. The van der Waals surface area contributed by atoms with Crippen LogP contribution in [0.1, 0.15) is 66.2 Å². The zero-order valence-corrected chi connectivity index (χ0v) is 20.0. The van der Waals surface area contributed by atoms with E-state index in [2.05, 4.69) is 10.6 Å². The van der Waals surface area contributed by atoms with E-state index in [9.17, 15) is 29.1 Å². The Hall–Kier alpha value is -2.69. The summed E-state index contributed by atoms with van der Waals surface area (Å²) >= 11 is 0. The van der Waals surface area contributed by atoms with Gasteiger partial charge in [0.2, 0.25) is 23.6 Å². The Morgan fingerprint density at radius 1 is 1.00 bits per heavy atom. The van der Waals surface area contributed by atoms with Gasteiger partial charge in [0.15, 0.2) is 0 Å². The van der Waals surface area contributed by atoms with E-state index in [0.717, 1.165) is 0 Å². The van der Waals surface area contributed by atoms with Crippen LogP contribution in [0.15, 0.2) is 0 Å². The van der Waals surface area contributed by atoms with Gasteiger partial charge in [0.25, 0.3) is 0 Å². The number of carbonyl (C=O) groups excluding carboxylic acids is 4. The summed E-state index contributed by atoms with van der Waals surface area (Å²) in [6, 6.07) is -3.73. The molecular weight excluding hydrogens is 430 g/mol. The molecule has 0 aromatic heterocycles. The lowest BCUT2D eigenvalue weighted by Gasteiger charge is -2.29. The molecule has 0 aromatic rings. The fraction of sp³-hybridized carbons (Fsp3) is 0.773. The van der Waals surface area contributed by atoms with Crippen molar-refractivity contribution in [1.29, 1.82) is 0 Å². The Balaban J connectivity index is 2.90. The number of carboxylic acid groups (broad SMARTS) is 1. The van der Waals surface area contributed by atoms with Gasteiger partial charge in [-0.25, -0.2) is 4.79 Å². The molecule has 4 unspecified atom stereocenters. The van der Waals surface area contributed by atoms with Crippen LogP contribution in [0.3, 0.4) is 0 Å². The van der Waals surface area contributed by atoms with Crippen molar-refractivity contribution in [2.75, 3.05) is 6.54 Å². The molecule has 1 saturated heterocycles. The molecule has 188 valence electrons. The van der Waals surface area contributed by atoms with Crippen LogP contribution in [0.2, 0.25) is 0 Å². The maximum absolute atomic E-state index is 13.0. The summed E-state index contributed by atoms with van der Waals surface area (Å²) < 4.78 is 0. The maximum atomic E-state index is 13.0. The molecule has 0 bridgehead atoms. The van der Waals surface area contributed by atoms with Crippen molar-refractivity contribution in [2.45, 2.75) is 90.4 Å². The molecule has 0 saturated carbocycles. The Morgan fingerprint density at radius 3 is 2.12 bits per heavy atom. The maximum Gasteiger partial charge on any atom is 0.326 e. The molecule has 1 aliphatic rings. The number of carbonyl (C=O) groups is 5. The average molecular weight is 470 g/mol. The molecule has 33 heavy (non-hydrogen) atoms. The van der Waals surface area contributed by atoms with Gasteiger partial charge >= 0.3 is 5.97 Å². The third-order valence-electron chi connectivity index (χ3n) is 5.52. The summed E-state index contributed by atoms with van der Waals surface area (Å²) in [7, 11) is 0. The minimum Gasteiger partial charge on any atom is -0.480 e. The topological polar surface area (TPSA) is 185 Å². The number of carboxylic acids is 1. The van der Waals surface area contributed by atoms with Crippen LogP contribution in [-0.4, -0.2) is 70.3 Å². The standard InChI is InChI=1S/C22H39N5O6/c1-12(2)10-14(23)21(31)27-9-5-6-17(27)20(30)26-16(11-13(3)4)19(29)25-15(22(32)33)7-8-18(24)28/h12-17H,5-11,23H2,1-4H3,(H2,24,28)(H,25,29)(H,26,30)(H,32,33). The number of nitrogens with one attached hydrogen (secondary N) is 2. The summed E-state index contributed by atoms with van der Waals surface area (Å²) in [5.41, 5.74) is 11.1. The molecule has 0 aromatic carbocycles. The van der Waals surface area contributed by atoms with Crippen molar-refractivity contribution in [2.24, 2.45) is 23.3 Å². The predicted molar refractivity (Wildman–Crippen MR) is 122 cm³/mol. The van der Waals surface area contributed by atoms with Gasteiger partial charge in [-0.15, -0.1) is 0 Å². The summed E-state index contributed by atoms with van der Waals surface area (Å²) in [4.78, 5) is 62.6. The molecule has 0 spiro atoms. The SMILES string of the molecule is CC(C)CC(N)C(=O)N1CCCC1C(=O)NC(CC(C)C)C(=O)NC(CCC(N)=O)C(=O)O. The average Bonchev–Trinajstić information content (AvgIpc) is 3.18. The van der Waals surface area contributed by atoms with Gasteiger partial charge in [0.1, 0.15) is 18.1 Å². The Kier molecular flexibility index (Phi) is 11.3. The van der Waals surface area contributed by atoms with Crippen molar-refractivity contribution < 1.29 is 29.1 Å². The Morgan fingerprint density at radius 2 is 1.61 bits per heavy atom. The quantitative estimate of drug-likeness (QED) is 0.245. The lowest BCUT2D eigenvalue weighted by Crippen LogP contribution is -2.57. The van der Waals surface area contributed by atoms with Gasteiger partial charge in [-0.2, -0.15) is 0 Å². The highest BCUT2D eigenvalue weighted by Crippen LogP contribution is 2.20. The van der Waals surface area contributed by atoms with Gasteiger partial charge in [0, 0.05) is 13.0 Å². The molecule has 4 atom stereocenters. The predicted octanol–water partition coefficient (Wildman–Crippen LogP) is -0.283. The number of hydrogen-bond donors (Lipinski definition) is 5. The monoisotopic (exact) mass is 469 g/mol. The fourth-order valence-corrected chi connectivity index (χ4v) is 3.91. The molecule has 1 fully saturated rings. The van der Waals surface area contributed by atoms with Gasteiger partial charge < -0.3 is 32.1 Å². The third kappa shape index (κ3) is 9.37. The van der Waals surface area contributed by atoms with Crippen LogP contribution >= 0.6 is 0 Å². The minimum atomic E-state index is -1.31. The molecule has 0 radical (unpaired) electrons. The van der Waals surface area contributed by atoms with E-state index in [1.54, 1.807) is 0 Å². The number of likely N-dealkylation sites (tertiary alicyclic amines) is 1. The second-order valence-electron chi connectivity index (χ2n) is 9.52. The number of nitrogens with two attached hydrogens (primary N) is 2. The van der Waals surface area contributed by atoms with Crippen molar-refractivity contribution in [3.8, 4) is 0 Å². The van der Waals surface area contributed by atoms with Crippen molar-refractivity contribution >= 4 is 29.6 Å². The lowest BCUT2D eigenvalue weighted by atomic mass is 10.0. The zero-order valence-electron chi connectivity index (χ0n) is 20.0. The second-order valence-corrected chi connectivity index (χ2v) is 9.52. The third-order valence-corrected chi connectivity index (χ3v) is 5.52. The van der Waals surface area contributed by atoms with Crippen LogP contribution in [0.5, 0.6) is 0 Å². The van der Waals surface area contributed by atoms with E-state index in [1.807, 2.05) is 27.7 Å². The molecule has 1 rings (SSSR count). The van der Waals surface area contributed by atoms with E-state index in [1.165, 1.54) is 4.90 Å². The van der Waals surface area contributed by atoms with E-state index < -0.39 is 47.9 Å². The van der Waals surface area contributed by atoms with E-state index >= 15 is 0 Å². The number of amides is 4. The zero-order chi connectivity index (χ0) is 25.3. The number of hydrogen-bond acceptors (Lipinski definition) is 6. The lowest BCUT2D eigenvalue weighted by molar-refractivity contribution is -0.143. The highest BCUT2D eigenvalue weighted by molar-refractivity contribution is 5.94. The molecular formula is C22H39N5O6. The van der Waals surface area contributed by atoms with Gasteiger partial charge in [-0.3, -0.25) is 19.2 Å². The fourth-order valence-electron chi connectivity index (χ4n) is 3.91. The minimum absolute atomic E-state index is 0.0238. The molecule has 7 N–H and O–H groups in total. The number of primary amides is 1. The first-order valence-corrected chi connectivity index (χ1v) is 11.5. The summed E-state index contributed by atoms with van der Waals surface area (Å²) in [5, 5.41) is 14.4. The highest BCUT2D eigenvalue weighted by atomic mass is 16.4. The summed E-state index contributed by atoms with van der Waals surface area (Å²) in [6.45, 7) is 8.07. The Bertz CT molecular complexity index is 726. The van der Waals surface area contributed by atoms with Crippen LogP contribution in [0.25, 0.3) is 0 Å². The van der Waals surface area contributed by atoms with Crippen LogP contribution in [-0.2, 0) is 24.0 Å². The first-order chi connectivity index (χ1) is 15.3. The van der Waals surface area contributed by atoms with Gasteiger partial charge in [-0.1, -0.05) is 27.7 Å². The molecule has 1 aliphatic heterocycles. The number of nitrogens with zero attached hydrogens (tertiary/aromatic N) is 1. The molecule has 1 heterocycles. The highest BCUT2D eigenvalue weighted by Gasteiger charge is 2.38. The smallest absolute Gasteiger partial charge is 0.326 e. The molecule has 11 heteroatoms. The summed E-state index contributed by atoms with van der Waals surface area (Å²) in [6.07, 6.45) is 1.52. The van der Waals surface area contributed by atoms with Crippen molar-refractivity contribution in [3.05, 3.63) is 0 Å². The van der Waals surface area contributed by atoms with Crippen molar-refractivity contribution in [3.63, 3.8) is 0 Å². The van der Waals surface area contributed by atoms with Crippen LogP contribution < -0.4 is 22.1 Å². The largest absolute Gasteiger partial charge is 0.480 e. The van der Waals surface area contributed by atoms with Crippen molar-refractivity contribution in [1.82, 2.24) is 15.5 Å². The van der Waals surface area contributed by atoms with E-state index in [-0.39, 0.29) is 37.0 Å². The first kappa shape index (κ1) is 28.3.